The number of hydrogen-bond acceptors (Lipinski definition) is 5. The van der Waals surface area contributed by atoms with E-state index < -0.39 is 5.97 Å². The topological polar surface area (TPSA) is 66.9 Å². The van der Waals surface area contributed by atoms with Crippen molar-refractivity contribution >= 4 is 29.5 Å². The van der Waals surface area contributed by atoms with Crippen LogP contribution in [-0.4, -0.2) is 59.6 Å². The second-order valence-corrected chi connectivity index (χ2v) is 9.60. The fourth-order valence-corrected chi connectivity index (χ4v) is 5.61. The van der Waals surface area contributed by atoms with Gasteiger partial charge in [-0.05, 0) is 24.1 Å². The van der Waals surface area contributed by atoms with E-state index in [-0.39, 0.29) is 29.8 Å². The van der Waals surface area contributed by atoms with E-state index in [1.807, 2.05) is 65.6 Å². The lowest BCUT2D eigenvalue weighted by molar-refractivity contribution is -0.147. The molecule has 0 spiro atoms. The Labute approximate surface area is 206 Å². The highest BCUT2D eigenvalue weighted by atomic mass is 32.2. The third-order valence-corrected chi connectivity index (χ3v) is 7.40. The van der Waals surface area contributed by atoms with Crippen molar-refractivity contribution in [2.24, 2.45) is 0 Å². The van der Waals surface area contributed by atoms with Crippen LogP contribution in [0, 0.1) is 0 Å². The van der Waals surface area contributed by atoms with E-state index >= 15 is 0 Å². The van der Waals surface area contributed by atoms with Crippen LogP contribution in [0.25, 0.3) is 0 Å². The van der Waals surface area contributed by atoms with Gasteiger partial charge < -0.3 is 14.5 Å². The Hall–Kier alpha value is -2.80. The summed E-state index contributed by atoms with van der Waals surface area (Å²) in [6.07, 6.45) is 4.36. The summed E-state index contributed by atoms with van der Waals surface area (Å²) in [4.78, 5) is 42.2. The number of carbonyl (C=O) groups is 3. The molecule has 0 aliphatic carbocycles. The van der Waals surface area contributed by atoms with Crippen LogP contribution in [0.5, 0.6) is 0 Å². The molecule has 1 unspecified atom stereocenters. The van der Waals surface area contributed by atoms with Gasteiger partial charge in [0, 0.05) is 24.3 Å². The van der Waals surface area contributed by atoms with Crippen LogP contribution in [0.4, 0.5) is 0 Å². The second-order valence-electron chi connectivity index (χ2n) is 8.49. The molecule has 2 aromatic rings. The quantitative estimate of drug-likeness (QED) is 0.336. The van der Waals surface area contributed by atoms with E-state index in [1.165, 1.54) is 7.11 Å². The number of thioether (sulfide) groups is 1. The Morgan fingerprint density at radius 3 is 2.32 bits per heavy atom. The van der Waals surface area contributed by atoms with Crippen LogP contribution in [0.15, 0.2) is 60.7 Å². The van der Waals surface area contributed by atoms with E-state index in [0.29, 0.717) is 24.3 Å². The maximum atomic E-state index is 13.6. The number of unbranched alkanes of at least 4 members (excludes halogenated alkanes) is 3. The molecular weight excluding hydrogens is 448 g/mol. The maximum absolute atomic E-state index is 13.6. The number of hydrogen-bond donors (Lipinski definition) is 0. The van der Waals surface area contributed by atoms with Crippen LogP contribution < -0.4 is 0 Å². The number of ether oxygens (including phenoxy) is 1. The highest BCUT2D eigenvalue weighted by Gasteiger charge is 2.40. The largest absolute Gasteiger partial charge is 0.468 e. The molecule has 7 heteroatoms. The lowest BCUT2D eigenvalue weighted by atomic mass is 10.1. The average Bonchev–Trinajstić information content (AvgIpc) is 3.30. The van der Waals surface area contributed by atoms with E-state index in [9.17, 15) is 14.4 Å². The first-order chi connectivity index (χ1) is 16.5. The second kappa shape index (κ2) is 13.2. The lowest BCUT2D eigenvalue weighted by Gasteiger charge is -2.33. The van der Waals surface area contributed by atoms with Gasteiger partial charge in [0.05, 0.1) is 13.2 Å². The van der Waals surface area contributed by atoms with Crippen molar-refractivity contribution in [1.82, 2.24) is 9.80 Å². The molecule has 2 amide bonds. The van der Waals surface area contributed by atoms with Crippen molar-refractivity contribution < 1.29 is 19.1 Å². The zero-order valence-electron chi connectivity index (χ0n) is 20.0. The number of esters is 1. The van der Waals surface area contributed by atoms with Gasteiger partial charge in [0.2, 0.25) is 5.91 Å². The van der Waals surface area contributed by atoms with Crippen LogP contribution in [0.2, 0.25) is 0 Å². The average molecular weight is 483 g/mol. The summed E-state index contributed by atoms with van der Waals surface area (Å²) in [5.41, 5.74) is 1.66. The van der Waals surface area contributed by atoms with E-state index in [1.54, 1.807) is 16.7 Å². The van der Waals surface area contributed by atoms with Crippen molar-refractivity contribution in [2.75, 3.05) is 26.0 Å². The minimum Gasteiger partial charge on any atom is -0.468 e. The Bertz CT molecular complexity index is 938. The number of rotatable bonds is 11. The van der Waals surface area contributed by atoms with Gasteiger partial charge in [-0.3, -0.25) is 14.4 Å². The zero-order chi connectivity index (χ0) is 24.3. The van der Waals surface area contributed by atoms with Gasteiger partial charge in [-0.25, -0.2) is 0 Å². The predicted molar refractivity (Wildman–Crippen MR) is 135 cm³/mol. The molecule has 2 atom stereocenters. The van der Waals surface area contributed by atoms with Gasteiger partial charge in [-0.2, -0.15) is 0 Å². The smallest absolute Gasteiger partial charge is 0.325 e. The van der Waals surface area contributed by atoms with E-state index in [2.05, 4.69) is 6.92 Å². The van der Waals surface area contributed by atoms with E-state index in [0.717, 1.165) is 31.2 Å². The normalized spacial score (nSPS) is 17.4. The van der Waals surface area contributed by atoms with Gasteiger partial charge >= 0.3 is 5.97 Å². The molecule has 182 valence electrons. The van der Waals surface area contributed by atoms with Gasteiger partial charge in [-0.1, -0.05) is 74.7 Å². The lowest BCUT2D eigenvalue weighted by Crippen LogP contribution is -2.48. The Balaban J connectivity index is 1.83. The Kier molecular flexibility index (Phi) is 10.0. The minimum absolute atomic E-state index is 0.0678. The minimum atomic E-state index is -0.451. The van der Waals surface area contributed by atoms with Crippen LogP contribution >= 0.6 is 11.8 Å². The first-order valence-electron chi connectivity index (χ1n) is 11.9. The molecule has 1 aliphatic rings. The summed E-state index contributed by atoms with van der Waals surface area (Å²) in [6.45, 7) is 2.33. The van der Waals surface area contributed by atoms with Crippen molar-refractivity contribution in [3.8, 4) is 0 Å². The summed E-state index contributed by atoms with van der Waals surface area (Å²) >= 11 is 1.69. The summed E-state index contributed by atoms with van der Waals surface area (Å²) < 4.78 is 4.85. The molecule has 1 heterocycles. The van der Waals surface area contributed by atoms with Crippen LogP contribution in [0.1, 0.15) is 60.3 Å². The third kappa shape index (κ3) is 6.86. The molecule has 34 heavy (non-hydrogen) atoms. The highest BCUT2D eigenvalue weighted by molar-refractivity contribution is 7.99. The van der Waals surface area contributed by atoms with Crippen molar-refractivity contribution in [2.45, 2.75) is 50.4 Å². The molecule has 3 rings (SSSR count). The number of benzene rings is 2. The van der Waals surface area contributed by atoms with Crippen LogP contribution in [-0.2, 0) is 14.3 Å². The molecular formula is C27H34N2O4S. The highest BCUT2D eigenvalue weighted by Crippen LogP contribution is 2.42. The Morgan fingerprint density at radius 2 is 1.68 bits per heavy atom. The summed E-state index contributed by atoms with van der Waals surface area (Å²) in [5, 5.41) is -0.154. The number of amides is 2. The molecule has 0 N–H and O–H groups in total. The molecule has 0 bridgehead atoms. The summed E-state index contributed by atoms with van der Waals surface area (Å²) in [5.74, 6) is 0.0894. The summed E-state index contributed by atoms with van der Waals surface area (Å²) in [7, 11) is 1.33. The van der Waals surface area contributed by atoms with Gasteiger partial charge in [0.15, 0.2) is 0 Å². The Morgan fingerprint density at radius 1 is 1.00 bits per heavy atom. The van der Waals surface area contributed by atoms with Crippen molar-refractivity contribution in [1.29, 1.82) is 0 Å². The number of carbonyl (C=O) groups excluding carboxylic acids is 3. The molecule has 6 nitrogen and oxygen atoms in total. The standard InChI is InChI=1S/C27H34N2O4S/c1-3-4-5-12-17-24(30)28(19-25(31)33-2)18-23-20-34-27(22-15-10-7-11-16-22)29(23)26(32)21-13-8-6-9-14-21/h6-11,13-16,23,27H,3-5,12,17-20H2,1-2H3/t23-,27?/m1/s1. The fourth-order valence-electron chi connectivity index (χ4n) is 4.16. The molecule has 0 saturated carbocycles. The van der Waals surface area contributed by atoms with Crippen molar-refractivity contribution in [3.63, 3.8) is 0 Å². The van der Waals surface area contributed by atoms with Crippen LogP contribution in [0.3, 0.4) is 0 Å². The summed E-state index contributed by atoms with van der Waals surface area (Å²) in [6, 6.07) is 19.0. The predicted octanol–water partition coefficient (Wildman–Crippen LogP) is 4.92. The fraction of sp³-hybridized carbons (Fsp3) is 0.444. The number of methoxy groups -OCH3 is 1. The first kappa shape index (κ1) is 25.8. The maximum Gasteiger partial charge on any atom is 0.325 e. The molecule has 2 aromatic carbocycles. The molecule has 1 fully saturated rings. The third-order valence-electron chi connectivity index (χ3n) is 6.01. The first-order valence-corrected chi connectivity index (χ1v) is 13.0. The zero-order valence-corrected chi connectivity index (χ0v) is 20.8. The molecule has 1 saturated heterocycles. The molecule has 1 aliphatic heterocycles. The molecule has 0 radical (unpaired) electrons. The van der Waals surface area contributed by atoms with E-state index in [4.69, 9.17) is 4.74 Å². The SMILES string of the molecule is CCCCCCC(=O)N(CC(=O)OC)C[C@@H]1CSC(c2ccccc2)N1C(=O)c1ccccc1. The van der Waals surface area contributed by atoms with Crippen molar-refractivity contribution in [3.05, 3.63) is 71.8 Å². The molecule has 0 aromatic heterocycles. The van der Waals surface area contributed by atoms with Gasteiger partial charge in [-0.15, -0.1) is 11.8 Å². The number of nitrogens with zero attached hydrogens (tertiary/aromatic N) is 2. The monoisotopic (exact) mass is 482 g/mol. The van der Waals surface area contributed by atoms with Gasteiger partial charge in [0.1, 0.15) is 11.9 Å². The van der Waals surface area contributed by atoms with Gasteiger partial charge in [0.25, 0.3) is 5.91 Å².